The lowest BCUT2D eigenvalue weighted by atomic mass is 9.90. The van der Waals surface area contributed by atoms with Gasteiger partial charge in [0, 0.05) is 31.4 Å². The highest BCUT2D eigenvalue weighted by Gasteiger charge is 2.22. The fraction of sp³-hybridized carbons (Fsp3) is 0.273. The van der Waals surface area contributed by atoms with Gasteiger partial charge < -0.3 is 15.5 Å². The van der Waals surface area contributed by atoms with Crippen molar-refractivity contribution in [3.8, 4) is 0 Å². The largest absolute Gasteiger partial charge is 0.355 e. The van der Waals surface area contributed by atoms with E-state index in [1.807, 2.05) is 12.1 Å². The molecule has 2 aromatic carbocycles. The van der Waals surface area contributed by atoms with E-state index in [9.17, 15) is 4.79 Å². The standard InChI is InChI=1S/C22H24N6O/c1-23-20(29)18-8-5-9-19(14-18)26-21-24-15-25-22(27-21)28-12-10-17(11-13-28)16-6-3-2-4-7-16/h2-9,14-15,17H,10-13H2,1H3,(H,23,29)(H,24,25,26,27). The first-order chi connectivity index (χ1) is 14.2. The molecule has 0 aliphatic carbocycles. The van der Waals surface area contributed by atoms with E-state index >= 15 is 0 Å². The second-order valence-electron chi connectivity index (χ2n) is 7.07. The second kappa shape index (κ2) is 8.68. The molecule has 7 nitrogen and oxygen atoms in total. The minimum atomic E-state index is -0.133. The van der Waals surface area contributed by atoms with Gasteiger partial charge >= 0.3 is 0 Å². The Labute approximate surface area is 170 Å². The van der Waals surface area contributed by atoms with Crippen LogP contribution < -0.4 is 15.5 Å². The first kappa shape index (κ1) is 18.9. The van der Waals surface area contributed by atoms with Crippen molar-refractivity contribution in [3.63, 3.8) is 0 Å². The van der Waals surface area contributed by atoms with E-state index in [1.165, 1.54) is 11.9 Å². The van der Waals surface area contributed by atoms with Crippen LogP contribution in [0.4, 0.5) is 17.6 Å². The molecule has 4 rings (SSSR count). The van der Waals surface area contributed by atoms with Crippen LogP contribution in [0.15, 0.2) is 60.9 Å². The molecule has 7 heteroatoms. The molecule has 0 spiro atoms. The van der Waals surface area contributed by atoms with E-state index in [-0.39, 0.29) is 5.91 Å². The number of hydrogen-bond donors (Lipinski definition) is 2. The molecular weight excluding hydrogens is 364 g/mol. The number of carbonyl (C=O) groups is 1. The Balaban J connectivity index is 1.42. The zero-order valence-electron chi connectivity index (χ0n) is 16.4. The van der Waals surface area contributed by atoms with E-state index in [1.54, 1.807) is 19.2 Å². The highest BCUT2D eigenvalue weighted by molar-refractivity contribution is 5.95. The van der Waals surface area contributed by atoms with Gasteiger partial charge in [0.2, 0.25) is 11.9 Å². The van der Waals surface area contributed by atoms with Crippen LogP contribution in [0.3, 0.4) is 0 Å². The van der Waals surface area contributed by atoms with Gasteiger partial charge in [0.25, 0.3) is 5.91 Å². The lowest BCUT2D eigenvalue weighted by molar-refractivity contribution is 0.0963. The monoisotopic (exact) mass is 388 g/mol. The van der Waals surface area contributed by atoms with Gasteiger partial charge in [-0.15, -0.1) is 0 Å². The van der Waals surface area contributed by atoms with Crippen LogP contribution in [0.1, 0.15) is 34.7 Å². The molecule has 1 aromatic heterocycles. The van der Waals surface area contributed by atoms with Crippen molar-refractivity contribution < 1.29 is 4.79 Å². The van der Waals surface area contributed by atoms with Gasteiger partial charge in [-0.25, -0.2) is 9.97 Å². The maximum Gasteiger partial charge on any atom is 0.251 e. The Morgan fingerprint density at radius 2 is 1.83 bits per heavy atom. The van der Waals surface area contributed by atoms with Gasteiger partial charge in [0.05, 0.1) is 0 Å². The van der Waals surface area contributed by atoms with Crippen molar-refractivity contribution in [2.45, 2.75) is 18.8 Å². The molecular formula is C22H24N6O. The van der Waals surface area contributed by atoms with Crippen LogP contribution in [0.25, 0.3) is 0 Å². The average molecular weight is 388 g/mol. The molecule has 0 radical (unpaired) electrons. The number of benzene rings is 2. The number of amides is 1. The van der Waals surface area contributed by atoms with E-state index in [4.69, 9.17) is 0 Å². The van der Waals surface area contributed by atoms with E-state index in [0.29, 0.717) is 23.4 Å². The first-order valence-electron chi connectivity index (χ1n) is 9.81. The predicted molar refractivity (Wildman–Crippen MR) is 114 cm³/mol. The maximum absolute atomic E-state index is 11.8. The Hall–Kier alpha value is -3.48. The van der Waals surface area contributed by atoms with E-state index in [0.717, 1.165) is 31.6 Å². The molecule has 0 unspecified atom stereocenters. The third kappa shape index (κ3) is 4.51. The van der Waals surface area contributed by atoms with Crippen molar-refractivity contribution in [1.29, 1.82) is 0 Å². The van der Waals surface area contributed by atoms with Crippen LogP contribution in [0.2, 0.25) is 0 Å². The highest BCUT2D eigenvalue weighted by Crippen LogP contribution is 2.29. The molecule has 0 bridgehead atoms. The molecule has 3 aromatic rings. The third-order valence-electron chi connectivity index (χ3n) is 5.22. The normalized spacial score (nSPS) is 14.4. The van der Waals surface area contributed by atoms with E-state index < -0.39 is 0 Å². The Morgan fingerprint density at radius 1 is 1.03 bits per heavy atom. The summed E-state index contributed by atoms with van der Waals surface area (Å²) >= 11 is 0. The quantitative estimate of drug-likeness (QED) is 0.697. The van der Waals surface area contributed by atoms with Gasteiger partial charge in [-0.3, -0.25) is 4.79 Å². The van der Waals surface area contributed by atoms with Crippen LogP contribution in [0, 0.1) is 0 Å². The van der Waals surface area contributed by atoms with Gasteiger partial charge in [-0.1, -0.05) is 36.4 Å². The van der Waals surface area contributed by atoms with Crippen molar-refractivity contribution in [1.82, 2.24) is 20.3 Å². The fourth-order valence-electron chi connectivity index (χ4n) is 3.65. The fourth-order valence-corrected chi connectivity index (χ4v) is 3.65. The predicted octanol–water partition coefficient (Wildman–Crippen LogP) is 3.36. The molecule has 1 saturated heterocycles. The SMILES string of the molecule is CNC(=O)c1cccc(Nc2ncnc(N3CCC(c4ccccc4)CC3)n2)c1. The third-order valence-corrected chi connectivity index (χ3v) is 5.22. The summed E-state index contributed by atoms with van der Waals surface area (Å²) in [7, 11) is 1.61. The van der Waals surface area contributed by atoms with Gasteiger partial charge in [0.15, 0.2) is 0 Å². The number of rotatable bonds is 5. The lowest BCUT2D eigenvalue weighted by Crippen LogP contribution is -2.34. The van der Waals surface area contributed by atoms with Gasteiger partial charge in [0.1, 0.15) is 6.33 Å². The summed E-state index contributed by atoms with van der Waals surface area (Å²) in [5.74, 6) is 1.59. The Morgan fingerprint density at radius 3 is 2.59 bits per heavy atom. The second-order valence-corrected chi connectivity index (χ2v) is 7.07. The summed E-state index contributed by atoms with van der Waals surface area (Å²) in [6.45, 7) is 1.82. The molecule has 2 N–H and O–H groups in total. The van der Waals surface area contributed by atoms with Crippen molar-refractivity contribution >= 4 is 23.5 Å². The minimum absolute atomic E-state index is 0.133. The smallest absolute Gasteiger partial charge is 0.251 e. The number of carbonyl (C=O) groups excluding carboxylic acids is 1. The van der Waals surface area contributed by atoms with Crippen molar-refractivity contribution in [3.05, 3.63) is 72.1 Å². The lowest BCUT2D eigenvalue weighted by Gasteiger charge is -2.32. The van der Waals surface area contributed by atoms with Crippen LogP contribution >= 0.6 is 0 Å². The number of anilines is 3. The van der Waals surface area contributed by atoms with Gasteiger partial charge in [-0.2, -0.15) is 4.98 Å². The number of aromatic nitrogens is 3. The van der Waals surface area contributed by atoms with E-state index in [2.05, 4.69) is 60.8 Å². The Kier molecular flexibility index (Phi) is 5.65. The topological polar surface area (TPSA) is 83.0 Å². The molecule has 29 heavy (non-hydrogen) atoms. The zero-order chi connectivity index (χ0) is 20.1. The molecule has 1 amide bonds. The van der Waals surface area contributed by atoms with Crippen LogP contribution in [-0.2, 0) is 0 Å². The zero-order valence-corrected chi connectivity index (χ0v) is 16.4. The van der Waals surface area contributed by atoms with Gasteiger partial charge in [-0.05, 0) is 42.5 Å². The van der Waals surface area contributed by atoms with Crippen molar-refractivity contribution in [2.75, 3.05) is 30.4 Å². The molecule has 2 heterocycles. The molecule has 0 saturated carbocycles. The average Bonchev–Trinajstić information content (AvgIpc) is 2.79. The van der Waals surface area contributed by atoms with Crippen molar-refractivity contribution in [2.24, 2.45) is 0 Å². The number of nitrogens with one attached hydrogen (secondary N) is 2. The number of nitrogens with zero attached hydrogens (tertiary/aromatic N) is 4. The molecule has 1 fully saturated rings. The van der Waals surface area contributed by atoms with Crippen LogP contribution in [0.5, 0.6) is 0 Å². The minimum Gasteiger partial charge on any atom is -0.355 e. The summed E-state index contributed by atoms with van der Waals surface area (Å²) in [6.07, 6.45) is 3.68. The number of piperidine rings is 1. The molecule has 148 valence electrons. The molecule has 0 atom stereocenters. The maximum atomic E-state index is 11.8. The first-order valence-corrected chi connectivity index (χ1v) is 9.81. The molecule has 1 aliphatic heterocycles. The highest BCUT2D eigenvalue weighted by atomic mass is 16.1. The molecule has 1 aliphatic rings. The summed E-state index contributed by atoms with van der Waals surface area (Å²) < 4.78 is 0. The summed E-state index contributed by atoms with van der Waals surface area (Å²) in [4.78, 5) is 27.2. The summed E-state index contributed by atoms with van der Waals surface area (Å²) in [6, 6.07) is 17.9. The summed E-state index contributed by atoms with van der Waals surface area (Å²) in [5, 5.41) is 5.79. The number of hydrogen-bond acceptors (Lipinski definition) is 6. The van der Waals surface area contributed by atoms with Crippen LogP contribution in [-0.4, -0.2) is 41.0 Å². The summed E-state index contributed by atoms with van der Waals surface area (Å²) in [5.41, 5.74) is 2.74. The Bertz CT molecular complexity index is 970.